The van der Waals surface area contributed by atoms with Crippen molar-refractivity contribution in [3.05, 3.63) is 78.2 Å². The van der Waals surface area contributed by atoms with E-state index in [1.165, 1.54) is 10.4 Å². The molecule has 0 spiro atoms. The summed E-state index contributed by atoms with van der Waals surface area (Å²) in [6.07, 6.45) is 0.399. The maximum absolute atomic E-state index is 11.5. The Morgan fingerprint density at radius 2 is 1.62 bits per heavy atom. The molecule has 6 nitrogen and oxygen atoms in total. The molecule has 7 heteroatoms. The third kappa shape index (κ3) is 5.18. The van der Waals surface area contributed by atoms with Crippen LogP contribution in [0.1, 0.15) is 51.0 Å². The van der Waals surface area contributed by atoms with Crippen LogP contribution in [0.4, 0.5) is 0 Å². The topological polar surface area (TPSA) is 92.8 Å². The summed E-state index contributed by atoms with van der Waals surface area (Å²) in [5.74, 6) is -0.952. The predicted molar refractivity (Wildman–Crippen MR) is 126 cm³/mol. The molecular formula is C25H31NO5Si. The summed E-state index contributed by atoms with van der Waals surface area (Å²) in [4.78, 5) is 11.5. The normalized spacial score (nSPS) is 13.1. The van der Waals surface area contributed by atoms with Crippen molar-refractivity contribution >= 4 is 24.7 Å². The van der Waals surface area contributed by atoms with Crippen LogP contribution in [0.25, 0.3) is 0 Å². The van der Waals surface area contributed by atoms with Crippen LogP contribution < -0.4 is 10.4 Å². The third-order valence-electron chi connectivity index (χ3n) is 5.77. The van der Waals surface area contributed by atoms with E-state index in [1.54, 1.807) is 6.07 Å². The van der Waals surface area contributed by atoms with E-state index in [2.05, 4.69) is 50.2 Å². The van der Waals surface area contributed by atoms with Gasteiger partial charge in [-0.25, -0.2) is 0 Å². The molecule has 1 heterocycles. The highest BCUT2D eigenvalue weighted by Crippen LogP contribution is 2.37. The number of aliphatic hydroxyl groups is 1. The molecule has 170 valence electrons. The first kappa shape index (κ1) is 23.9. The summed E-state index contributed by atoms with van der Waals surface area (Å²) in [5, 5.41) is 24.9. The zero-order valence-electron chi connectivity index (χ0n) is 18.8. The minimum atomic E-state index is -2.69. The molecular weight excluding hydrogens is 422 g/mol. The Morgan fingerprint density at radius 3 is 2.06 bits per heavy atom. The minimum absolute atomic E-state index is 0.0818. The Hall–Kier alpha value is -2.74. The van der Waals surface area contributed by atoms with Crippen molar-refractivity contribution in [3.8, 4) is 0 Å². The molecule has 32 heavy (non-hydrogen) atoms. The second-order valence-electron chi connectivity index (χ2n) is 8.97. The Morgan fingerprint density at radius 1 is 1.06 bits per heavy atom. The number of carbonyl (C=O) groups is 1. The molecule has 0 saturated carbocycles. The van der Waals surface area contributed by atoms with E-state index in [9.17, 15) is 15.0 Å². The predicted octanol–water partition coefficient (Wildman–Crippen LogP) is 3.69. The first-order chi connectivity index (χ1) is 15.3. The van der Waals surface area contributed by atoms with Gasteiger partial charge < -0.3 is 19.2 Å². The van der Waals surface area contributed by atoms with Crippen molar-refractivity contribution in [2.45, 2.75) is 51.2 Å². The van der Waals surface area contributed by atoms with Gasteiger partial charge in [0.05, 0.1) is 12.1 Å². The number of nitrogens with zero attached hydrogens (tertiary/aromatic N) is 1. The van der Waals surface area contributed by atoms with Crippen LogP contribution in [0.2, 0.25) is 5.04 Å². The van der Waals surface area contributed by atoms with Gasteiger partial charge in [0, 0.05) is 18.6 Å². The molecule has 0 amide bonds. The molecule has 1 unspecified atom stereocenters. The highest BCUT2D eigenvalue weighted by molar-refractivity contribution is 6.99. The molecule has 2 aromatic carbocycles. The monoisotopic (exact) mass is 453 g/mol. The lowest BCUT2D eigenvalue weighted by Gasteiger charge is -2.43. The molecule has 0 aliphatic carbocycles. The van der Waals surface area contributed by atoms with Gasteiger partial charge in [0.1, 0.15) is 6.61 Å². The number of rotatable bonds is 10. The number of aliphatic carboxylic acids is 1. The van der Waals surface area contributed by atoms with Crippen LogP contribution >= 0.6 is 0 Å². The first-order valence-corrected chi connectivity index (χ1v) is 12.7. The molecule has 1 atom stereocenters. The average molecular weight is 454 g/mol. The van der Waals surface area contributed by atoms with E-state index >= 15 is 0 Å². The Balaban J connectivity index is 1.93. The van der Waals surface area contributed by atoms with Crippen molar-refractivity contribution in [2.75, 3.05) is 6.61 Å². The van der Waals surface area contributed by atoms with Gasteiger partial charge in [0.15, 0.2) is 5.76 Å². The van der Waals surface area contributed by atoms with E-state index in [4.69, 9.17) is 8.95 Å². The zero-order valence-corrected chi connectivity index (χ0v) is 19.8. The number of hydrogen-bond donors (Lipinski definition) is 2. The first-order valence-electron chi connectivity index (χ1n) is 10.8. The van der Waals surface area contributed by atoms with Gasteiger partial charge in [0.25, 0.3) is 8.32 Å². The fourth-order valence-corrected chi connectivity index (χ4v) is 8.86. The van der Waals surface area contributed by atoms with Crippen LogP contribution in [0, 0.1) is 0 Å². The molecule has 0 bridgehead atoms. The van der Waals surface area contributed by atoms with Gasteiger partial charge in [-0.05, 0) is 21.8 Å². The fraction of sp³-hybridized carbons (Fsp3) is 0.360. The van der Waals surface area contributed by atoms with Crippen molar-refractivity contribution in [1.82, 2.24) is 5.16 Å². The highest BCUT2D eigenvalue weighted by Gasteiger charge is 2.50. The SMILES string of the molecule is CC(C)(C)[Si](OCCC(CC(=O)O)c1cc(CO)on1)(c1ccccc1)c1ccccc1. The van der Waals surface area contributed by atoms with E-state index in [0.29, 0.717) is 24.5 Å². The lowest BCUT2D eigenvalue weighted by atomic mass is 9.98. The average Bonchev–Trinajstić information content (AvgIpc) is 3.25. The number of aromatic nitrogens is 1. The van der Waals surface area contributed by atoms with Crippen molar-refractivity contribution in [1.29, 1.82) is 0 Å². The number of carboxylic acids is 1. The maximum atomic E-state index is 11.5. The Bertz CT molecular complexity index is 958. The summed E-state index contributed by atoms with van der Waals surface area (Å²) in [6, 6.07) is 22.3. The van der Waals surface area contributed by atoms with E-state index in [-0.39, 0.29) is 24.0 Å². The summed E-state index contributed by atoms with van der Waals surface area (Å²) in [5.41, 5.74) is 0.530. The number of carboxylic acid groups (broad SMARTS) is 1. The molecule has 1 aromatic heterocycles. The smallest absolute Gasteiger partial charge is 0.304 e. The second-order valence-corrected chi connectivity index (χ2v) is 13.3. The standard InChI is InChI=1S/C25H31NO5Si/c1-25(2,3)32(21-10-6-4-7-11-21,22-12-8-5-9-13-22)30-15-14-19(16-24(28)29)23-17-20(18-27)31-26-23/h4-13,17,19,27H,14-16,18H2,1-3H3,(H,28,29). The molecule has 2 N–H and O–H groups in total. The van der Waals surface area contributed by atoms with Gasteiger partial charge in [-0.2, -0.15) is 0 Å². The third-order valence-corrected chi connectivity index (χ3v) is 10.8. The zero-order chi connectivity index (χ0) is 23.2. The molecule has 3 rings (SSSR count). The van der Waals surface area contributed by atoms with E-state index in [0.717, 1.165) is 0 Å². The Labute approximate surface area is 190 Å². The maximum Gasteiger partial charge on any atom is 0.304 e. The summed E-state index contributed by atoms with van der Waals surface area (Å²) in [6.45, 7) is 6.73. The van der Waals surface area contributed by atoms with Crippen molar-refractivity contribution < 1.29 is 24.0 Å². The molecule has 0 saturated heterocycles. The van der Waals surface area contributed by atoms with Crippen LogP contribution in [-0.4, -0.2) is 36.3 Å². The van der Waals surface area contributed by atoms with Crippen molar-refractivity contribution in [2.24, 2.45) is 0 Å². The molecule has 0 radical (unpaired) electrons. The van der Waals surface area contributed by atoms with Crippen molar-refractivity contribution in [3.63, 3.8) is 0 Å². The minimum Gasteiger partial charge on any atom is -0.481 e. The van der Waals surface area contributed by atoms with Crippen LogP contribution in [-0.2, 0) is 15.8 Å². The molecule has 3 aromatic rings. The summed E-state index contributed by atoms with van der Waals surface area (Å²) < 4.78 is 12.0. The lowest BCUT2D eigenvalue weighted by molar-refractivity contribution is -0.137. The van der Waals surface area contributed by atoms with Gasteiger partial charge in [-0.1, -0.05) is 86.6 Å². The largest absolute Gasteiger partial charge is 0.481 e. The van der Waals surface area contributed by atoms with E-state index in [1.807, 2.05) is 36.4 Å². The van der Waals surface area contributed by atoms with Gasteiger partial charge in [-0.3, -0.25) is 4.79 Å². The fourth-order valence-electron chi connectivity index (χ4n) is 4.28. The van der Waals surface area contributed by atoms with E-state index < -0.39 is 14.3 Å². The highest BCUT2D eigenvalue weighted by atomic mass is 28.4. The Kier molecular flexibility index (Phi) is 7.66. The number of aliphatic hydroxyl groups excluding tert-OH is 1. The number of benzene rings is 2. The van der Waals surface area contributed by atoms with Crippen LogP contribution in [0.3, 0.4) is 0 Å². The molecule has 0 aliphatic heterocycles. The van der Waals surface area contributed by atoms with Gasteiger partial charge >= 0.3 is 5.97 Å². The number of hydrogen-bond acceptors (Lipinski definition) is 5. The second kappa shape index (κ2) is 10.2. The quantitative estimate of drug-likeness (QED) is 0.455. The molecule has 0 fully saturated rings. The van der Waals surface area contributed by atoms with Crippen LogP contribution in [0.5, 0.6) is 0 Å². The lowest BCUT2D eigenvalue weighted by Crippen LogP contribution is -2.66. The van der Waals surface area contributed by atoms with Gasteiger partial charge in [0.2, 0.25) is 0 Å². The summed E-state index contributed by atoms with van der Waals surface area (Å²) in [7, 11) is -2.69. The van der Waals surface area contributed by atoms with Gasteiger partial charge in [-0.15, -0.1) is 0 Å². The molecule has 0 aliphatic rings. The van der Waals surface area contributed by atoms with Crippen LogP contribution in [0.15, 0.2) is 71.3 Å². The summed E-state index contributed by atoms with van der Waals surface area (Å²) >= 11 is 0.